The molecule has 10 nitrogen and oxygen atoms in total. The molecule has 2 aromatic rings. The molecule has 1 aromatic carbocycles. The first-order valence-corrected chi connectivity index (χ1v) is 9.79. The van der Waals surface area contributed by atoms with Crippen molar-refractivity contribution in [3.05, 3.63) is 39.6 Å². The topological polar surface area (TPSA) is 144 Å². The van der Waals surface area contributed by atoms with Gasteiger partial charge in [-0.2, -0.15) is 8.42 Å². The molecule has 0 spiro atoms. The van der Waals surface area contributed by atoms with Crippen LogP contribution in [0.25, 0.3) is 0 Å². The number of carbonyl (C=O) groups is 1. The number of amides is 1. The third-order valence-electron chi connectivity index (χ3n) is 4.10. The van der Waals surface area contributed by atoms with Crippen molar-refractivity contribution in [3.8, 4) is 5.75 Å². The predicted octanol–water partition coefficient (Wildman–Crippen LogP) is 0.800. The van der Waals surface area contributed by atoms with Crippen LogP contribution in [0.1, 0.15) is 24.6 Å². The van der Waals surface area contributed by atoms with E-state index in [0.29, 0.717) is 22.0 Å². The van der Waals surface area contributed by atoms with Crippen molar-refractivity contribution in [2.45, 2.75) is 26.7 Å². The second kappa shape index (κ2) is 7.11. The van der Waals surface area contributed by atoms with Crippen molar-refractivity contribution in [2.24, 2.45) is 0 Å². The van der Waals surface area contributed by atoms with Gasteiger partial charge in [0.05, 0.1) is 0 Å². The van der Waals surface area contributed by atoms with E-state index in [1.807, 2.05) is 6.92 Å². The summed E-state index contributed by atoms with van der Waals surface area (Å²) >= 11 is 0. The molecule has 1 aliphatic heterocycles. The van der Waals surface area contributed by atoms with E-state index in [9.17, 15) is 27.5 Å². The normalized spacial score (nSPS) is 15.5. The predicted molar refractivity (Wildman–Crippen MR) is 99.3 cm³/mol. The minimum Gasteiger partial charge on any atom is -0.506 e. The smallest absolute Gasteiger partial charge is 0.326 e. The van der Waals surface area contributed by atoms with Crippen LogP contribution in [0.3, 0.4) is 0 Å². The first-order chi connectivity index (χ1) is 13.1. The summed E-state index contributed by atoms with van der Waals surface area (Å²) in [6, 6.07) is 1.98. The highest BCUT2D eigenvalue weighted by atomic mass is 32.2. The summed E-state index contributed by atoms with van der Waals surface area (Å²) in [5.41, 5.74) is 0.113. The second-order valence-corrected chi connectivity index (χ2v) is 7.81. The van der Waals surface area contributed by atoms with E-state index in [4.69, 9.17) is 0 Å². The molecule has 0 aliphatic carbocycles. The lowest BCUT2D eigenvalue weighted by molar-refractivity contribution is -0.117. The Morgan fingerprint density at radius 1 is 1.36 bits per heavy atom. The molecular formula is C16H18FN5O5S. The van der Waals surface area contributed by atoms with Gasteiger partial charge < -0.3 is 10.4 Å². The number of aromatic amines is 1. The molecule has 150 valence electrons. The van der Waals surface area contributed by atoms with Gasteiger partial charge in [-0.05, 0) is 19.4 Å². The molecule has 1 fully saturated rings. The minimum atomic E-state index is -4.27. The van der Waals surface area contributed by atoms with Gasteiger partial charge in [-0.1, -0.05) is 13.3 Å². The van der Waals surface area contributed by atoms with Crippen molar-refractivity contribution in [1.29, 1.82) is 0 Å². The van der Waals surface area contributed by atoms with Gasteiger partial charge in [0, 0.05) is 23.0 Å². The Morgan fingerprint density at radius 3 is 2.61 bits per heavy atom. The van der Waals surface area contributed by atoms with Gasteiger partial charge in [0.15, 0.2) is 5.82 Å². The van der Waals surface area contributed by atoms with Crippen molar-refractivity contribution in [3.63, 3.8) is 0 Å². The number of aryl methyl sites for hydroxylation is 1. The van der Waals surface area contributed by atoms with Crippen LogP contribution >= 0.6 is 0 Å². The minimum absolute atomic E-state index is 0.0282. The number of rotatable bonds is 5. The largest absolute Gasteiger partial charge is 0.506 e. The molecule has 0 saturated carbocycles. The highest BCUT2D eigenvalue weighted by Gasteiger charge is 2.37. The molecular weight excluding hydrogens is 393 g/mol. The Labute approximate surface area is 159 Å². The van der Waals surface area contributed by atoms with Crippen molar-refractivity contribution >= 4 is 33.4 Å². The molecule has 4 N–H and O–H groups in total. The van der Waals surface area contributed by atoms with Crippen molar-refractivity contribution < 1.29 is 22.7 Å². The van der Waals surface area contributed by atoms with Crippen molar-refractivity contribution in [1.82, 2.24) is 14.7 Å². The number of hydrogen-bond donors (Lipinski definition) is 4. The second-order valence-electron chi connectivity index (χ2n) is 6.22. The Bertz CT molecular complexity index is 1090. The third kappa shape index (κ3) is 3.63. The van der Waals surface area contributed by atoms with Crippen LogP contribution in [0.2, 0.25) is 0 Å². The van der Waals surface area contributed by atoms with Gasteiger partial charge in [0.1, 0.15) is 18.0 Å². The van der Waals surface area contributed by atoms with E-state index >= 15 is 0 Å². The number of carbonyl (C=O) groups excluding carboxylic acids is 1. The molecule has 1 amide bonds. The van der Waals surface area contributed by atoms with Crippen LogP contribution in [-0.4, -0.2) is 35.9 Å². The number of nitrogens with zero attached hydrogens (tertiary/aromatic N) is 2. The summed E-state index contributed by atoms with van der Waals surface area (Å²) in [5.74, 6) is -2.58. The van der Waals surface area contributed by atoms with Crippen LogP contribution in [0.15, 0.2) is 16.9 Å². The molecule has 0 atom stereocenters. The molecule has 12 heteroatoms. The maximum atomic E-state index is 14.5. The van der Waals surface area contributed by atoms with E-state index in [2.05, 4.69) is 15.3 Å². The summed E-state index contributed by atoms with van der Waals surface area (Å²) in [5, 5.41) is 12.8. The summed E-state index contributed by atoms with van der Waals surface area (Å²) in [7, 11) is -4.27. The third-order valence-corrected chi connectivity index (χ3v) is 5.48. The van der Waals surface area contributed by atoms with E-state index in [1.54, 1.807) is 11.6 Å². The molecule has 2 heterocycles. The summed E-state index contributed by atoms with van der Waals surface area (Å²) in [4.78, 5) is 30.2. The first-order valence-electron chi connectivity index (χ1n) is 8.35. The number of aromatic nitrogens is 2. The Hall–Kier alpha value is -3.15. The molecule has 1 aliphatic rings. The average Bonchev–Trinajstić information content (AvgIpc) is 2.82. The zero-order valence-corrected chi connectivity index (χ0v) is 15.9. The lowest BCUT2D eigenvalue weighted by atomic mass is 10.1. The zero-order chi connectivity index (χ0) is 20.6. The number of anilines is 3. The fourth-order valence-electron chi connectivity index (χ4n) is 2.90. The number of halogens is 1. The fraction of sp³-hybridized carbons (Fsp3) is 0.312. The maximum Gasteiger partial charge on any atom is 0.326 e. The Morgan fingerprint density at radius 2 is 2.07 bits per heavy atom. The number of hydrogen-bond acceptors (Lipinski definition) is 7. The number of benzene rings is 1. The summed E-state index contributed by atoms with van der Waals surface area (Å²) in [6.45, 7) is 2.96. The van der Waals surface area contributed by atoms with Crippen LogP contribution in [-0.2, 0) is 21.4 Å². The quantitative estimate of drug-likeness (QED) is 0.569. The number of aromatic hydroxyl groups is 1. The Kier molecular flexibility index (Phi) is 4.98. The number of phenols is 1. The van der Waals surface area contributed by atoms with Gasteiger partial charge in [-0.15, -0.1) is 0 Å². The molecule has 3 rings (SSSR count). The molecule has 1 saturated heterocycles. The van der Waals surface area contributed by atoms with Gasteiger partial charge in [-0.25, -0.2) is 18.4 Å². The van der Waals surface area contributed by atoms with E-state index in [-0.39, 0.29) is 17.2 Å². The standard InChI is InChI=1S/C16H18FN5O5S/c1-3-4-10-8(2)18-16(20-15(10)25)19-9-5-11(17)14(12(23)6-9)22-7-13(24)21-28(22,26)27/h5-6,23H,3-4,7H2,1-2H3,(H,21,24)(H2,18,19,20,25). The van der Waals surface area contributed by atoms with E-state index in [0.717, 1.165) is 18.6 Å². The van der Waals surface area contributed by atoms with E-state index < -0.39 is 39.9 Å². The average molecular weight is 411 g/mol. The lowest BCUT2D eigenvalue weighted by Crippen LogP contribution is -2.30. The van der Waals surface area contributed by atoms with Crippen LogP contribution in [0.4, 0.5) is 21.7 Å². The highest BCUT2D eigenvalue weighted by molar-refractivity contribution is 7.92. The van der Waals surface area contributed by atoms with Gasteiger partial charge in [0.25, 0.3) is 11.5 Å². The Balaban J connectivity index is 1.94. The monoisotopic (exact) mass is 411 g/mol. The molecule has 1 aromatic heterocycles. The summed E-state index contributed by atoms with van der Waals surface area (Å²) in [6.07, 6.45) is 1.34. The molecule has 0 bridgehead atoms. The SMILES string of the molecule is CCCc1c(C)nc(Nc2cc(O)c(N3CC(=O)NS3(=O)=O)c(F)c2)[nH]c1=O. The highest BCUT2D eigenvalue weighted by Crippen LogP contribution is 2.36. The lowest BCUT2D eigenvalue weighted by Gasteiger charge is -2.18. The van der Waals surface area contributed by atoms with Gasteiger partial charge in [0.2, 0.25) is 5.95 Å². The molecule has 0 unspecified atom stereocenters. The van der Waals surface area contributed by atoms with E-state index in [1.165, 1.54) is 0 Å². The van der Waals surface area contributed by atoms with Crippen molar-refractivity contribution in [2.75, 3.05) is 16.2 Å². The molecule has 28 heavy (non-hydrogen) atoms. The van der Waals surface area contributed by atoms with Crippen LogP contribution in [0.5, 0.6) is 5.75 Å². The summed E-state index contributed by atoms with van der Waals surface area (Å²) < 4.78 is 40.4. The molecule has 0 radical (unpaired) electrons. The maximum absolute atomic E-state index is 14.5. The van der Waals surface area contributed by atoms with Gasteiger partial charge >= 0.3 is 10.2 Å². The fourth-order valence-corrected chi connectivity index (χ4v) is 4.07. The number of phenolic OH excluding ortho intramolecular Hbond substituents is 1. The van der Waals surface area contributed by atoms with Gasteiger partial charge in [-0.3, -0.25) is 14.6 Å². The zero-order valence-electron chi connectivity index (χ0n) is 15.0. The number of H-pyrrole nitrogens is 1. The first kappa shape index (κ1) is 19.6. The van der Waals surface area contributed by atoms with Crippen LogP contribution < -0.4 is 19.9 Å². The number of nitrogens with one attached hydrogen (secondary N) is 3. The van der Waals surface area contributed by atoms with Crippen LogP contribution in [0, 0.1) is 12.7 Å².